The lowest BCUT2D eigenvalue weighted by Gasteiger charge is -2.28. The highest BCUT2D eigenvalue weighted by Gasteiger charge is 2.21. The molecule has 0 saturated carbocycles. The zero-order chi connectivity index (χ0) is 42.8. The second-order valence-corrected chi connectivity index (χ2v) is 16.4. The van der Waals surface area contributed by atoms with E-state index < -0.39 is 32.5 Å². The van der Waals surface area contributed by atoms with Crippen LogP contribution in [0.3, 0.4) is 0 Å². The first kappa shape index (κ1) is 54.7. The van der Waals surface area contributed by atoms with Crippen molar-refractivity contribution >= 4 is 19.8 Å². The Morgan fingerprint density at radius 2 is 1.02 bits per heavy atom. The van der Waals surface area contributed by atoms with Crippen LogP contribution in [0.4, 0.5) is 0 Å². The van der Waals surface area contributed by atoms with Gasteiger partial charge in [0.2, 0.25) is 0 Å². The molecule has 0 aromatic rings. The summed E-state index contributed by atoms with van der Waals surface area (Å²) in [6.45, 7) is 3.87. The number of allylic oxidation sites excluding steroid dienone is 18. The number of rotatable bonds is 37. The molecule has 0 saturated heterocycles. The number of phosphoric ester groups is 1. The van der Waals surface area contributed by atoms with Gasteiger partial charge < -0.3 is 27.9 Å². The highest BCUT2D eigenvalue weighted by Crippen LogP contribution is 2.38. The van der Waals surface area contributed by atoms with Crippen molar-refractivity contribution in [1.29, 1.82) is 0 Å². The molecule has 0 bridgehead atoms. The molecule has 58 heavy (non-hydrogen) atoms. The predicted octanol–water partition coefficient (Wildman–Crippen LogP) is 11.7. The third-order valence-corrected chi connectivity index (χ3v) is 9.35. The molecule has 0 spiro atoms. The van der Waals surface area contributed by atoms with E-state index in [-0.39, 0.29) is 26.1 Å². The van der Waals surface area contributed by atoms with Crippen LogP contribution >= 0.6 is 7.82 Å². The van der Waals surface area contributed by atoms with Crippen LogP contribution in [0.1, 0.15) is 129 Å². The van der Waals surface area contributed by atoms with E-state index >= 15 is 0 Å². The largest absolute Gasteiger partial charge is 0.756 e. The Bertz CT molecular complexity index is 1350. The van der Waals surface area contributed by atoms with Crippen molar-refractivity contribution in [2.75, 3.05) is 47.5 Å². The number of likely N-dealkylation sites (N-methyl/N-ethyl adjacent to an activating group) is 1. The van der Waals surface area contributed by atoms with E-state index in [1.807, 2.05) is 51.5 Å². The van der Waals surface area contributed by atoms with Crippen LogP contribution in [-0.2, 0) is 32.7 Å². The predicted molar refractivity (Wildman–Crippen MR) is 240 cm³/mol. The second kappa shape index (κ2) is 39.1. The molecule has 0 heterocycles. The standard InChI is InChI=1S/C48H78NO8P/c1-6-8-10-12-14-16-18-20-22-23-24-25-27-28-30-32-34-36-38-40-47(50)54-44-46(45-56-58(52,53)55-43-42-49(3,4)5)57-48(51)41-39-37-35-33-31-29-26-21-19-17-15-13-11-9-7-2/h8-11,13-17,19-22,24-26,28,30,46H,6-7,12,18,23,27,29,31-45H2,1-5H3/b10-8+,11-9+,15-13+,16-14+,19-17+,22-20+,25-24+,26-21+,30-28+/t46-/m1/s1. The average Bonchev–Trinajstić information content (AvgIpc) is 3.17. The minimum atomic E-state index is -4.65. The number of hydrogen-bond donors (Lipinski definition) is 0. The van der Waals surface area contributed by atoms with Crippen LogP contribution in [0.25, 0.3) is 0 Å². The molecule has 0 rings (SSSR count). The number of unbranched alkanes of at least 4 members (excludes halogenated alkanes) is 8. The minimum absolute atomic E-state index is 0.0487. The van der Waals surface area contributed by atoms with Crippen molar-refractivity contribution in [2.45, 2.75) is 136 Å². The molecule has 0 aliphatic rings. The molecular weight excluding hydrogens is 750 g/mol. The van der Waals surface area contributed by atoms with Crippen LogP contribution < -0.4 is 4.89 Å². The van der Waals surface area contributed by atoms with E-state index in [1.54, 1.807) is 0 Å². The molecule has 0 amide bonds. The van der Waals surface area contributed by atoms with Gasteiger partial charge in [0.15, 0.2) is 6.10 Å². The van der Waals surface area contributed by atoms with Crippen molar-refractivity contribution in [3.63, 3.8) is 0 Å². The van der Waals surface area contributed by atoms with Gasteiger partial charge in [-0.25, -0.2) is 0 Å². The first-order valence-corrected chi connectivity index (χ1v) is 23.1. The molecule has 0 aromatic heterocycles. The molecule has 0 aliphatic heterocycles. The van der Waals surface area contributed by atoms with Gasteiger partial charge in [-0.2, -0.15) is 0 Å². The lowest BCUT2D eigenvalue weighted by Crippen LogP contribution is -2.37. The number of nitrogens with zero attached hydrogens (tertiary/aromatic N) is 1. The van der Waals surface area contributed by atoms with E-state index in [4.69, 9.17) is 18.5 Å². The maximum absolute atomic E-state index is 12.7. The molecule has 328 valence electrons. The molecule has 0 fully saturated rings. The zero-order valence-electron chi connectivity index (χ0n) is 36.7. The quantitative estimate of drug-likeness (QED) is 0.0152. The third kappa shape index (κ3) is 42.3. The first-order chi connectivity index (χ1) is 28.0. The second-order valence-electron chi connectivity index (χ2n) is 15.0. The van der Waals surface area contributed by atoms with Gasteiger partial charge in [0.1, 0.15) is 19.8 Å². The van der Waals surface area contributed by atoms with Gasteiger partial charge in [-0.3, -0.25) is 14.2 Å². The minimum Gasteiger partial charge on any atom is -0.756 e. The lowest BCUT2D eigenvalue weighted by atomic mass is 10.1. The van der Waals surface area contributed by atoms with Crippen LogP contribution in [-0.4, -0.2) is 70.0 Å². The fraction of sp³-hybridized carbons (Fsp3) is 0.583. The molecular formula is C48H78NO8P. The monoisotopic (exact) mass is 828 g/mol. The summed E-state index contributed by atoms with van der Waals surface area (Å²) in [5.74, 6) is -0.914. The highest BCUT2D eigenvalue weighted by atomic mass is 31.2. The van der Waals surface area contributed by atoms with Gasteiger partial charge in [0, 0.05) is 12.8 Å². The van der Waals surface area contributed by atoms with Crippen LogP contribution in [0.2, 0.25) is 0 Å². The van der Waals surface area contributed by atoms with E-state index in [9.17, 15) is 19.0 Å². The van der Waals surface area contributed by atoms with E-state index in [0.717, 1.165) is 89.9 Å². The Labute approximate surface area is 353 Å². The Hall–Kier alpha value is -3.33. The zero-order valence-corrected chi connectivity index (χ0v) is 37.6. The summed E-state index contributed by atoms with van der Waals surface area (Å²) in [6, 6.07) is 0. The first-order valence-electron chi connectivity index (χ1n) is 21.6. The topological polar surface area (TPSA) is 111 Å². The molecule has 0 N–H and O–H groups in total. The molecule has 1 unspecified atom stereocenters. The number of phosphoric acid groups is 1. The number of esters is 2. The summed E-state index contributed by atoms with van der Waals surface area (Å²) in [6.07, 6.45) is 52.6. The van der Waals surface area contributed by atoms with Gasteiger partial charge in [-0.1, -0.05) is 149 Å². The van der Waals surface area contributed by atoms with Gasteiger partial charge in [0.25, 0.3) is 7.82 Å². The van der Waals surface area contributed by atoms with Gasteiger partial charge in [0.05, 0.1) is 27.7 Å². The summed E-state index contributed by atoms with van der Waals surface area (Å²) < 4.78 is 33.8. The molecule has 10 heteroatoms. The van der Waals surface area contributed by atoms with Crippen molar-refractivity contribution in [2.24, 2.45) is 0 Å². The number of carbonyl (C=O) groups is 2. The van der Waals surface area contributed by atoms with E-state index in [1.165, 1.54) is 0 Å². The Morgan fingerprint density at radius 1 is 0.552 bits per heavy atom. The molecule has 2 atom stereocenters. The van der Waals surface area contributed by atoms with Crippen LogP contribution in [0.5, 0.6) is 0 Å². The number of hydrogen-bond acceptors (Lipinski definition) is 8. The summed E-state index contributed by atoms with van der Waals surface area (Å²) in [7, 11) is 1.10. The molecule has 0 aliphatic carbocycles. The number of carbonyl (C=O) groups excluding carboxylic acids is 2. The normalized spacial score (nSPS) is 14.7. The van der Waals surface area contributed by atoms with E-state index in [2.05, 4.69) is 92.8 Å². The third-order valence-electron chi connectivity index (χ3n) is 8.38. The van der Waals surface area contributed by atoms with Crippen LogP contribution in [0.15, 0.2) is 109 Å². The number of quaternary nitrogens is 1. The van der Waals surface area contributed by atoms with Crippen molar-refractivity contribution in [3.8, 4) is 0 Å². The maximum atomic E-state index is 12.7. The van der Waals surface area contributed by atoms with Crippen molar-refractivity contribution < 1.29 is 42.1 Å². The molecule has 0 radical (unpaired) electrons. The number of ether oxygens (including phenoxy) is 2. The Morgan fingerprint density at radius 3 is 1.60 bits per heavy atom. The summed E-state index contributed by atoms with van der Waals surface area (Å²) in [5, 5.41) is 0. The highest BCUT2D eigenvalue weighted by molar-refractivity contribution is 7.45. The maximum Gasteiger partial charge on any atom is 0.306 e. The van der Waals surface area contributed by atoms with Gasteiger partial charge in [-0.15, -0.1) is 0 Å². The Balaban J connectivity index is 4.49. The smallest absolute Gasteiger partial charge is 0.306 e. The summed E-state index contributed by atoms with van der Waals surface area (Å²) >= 11 is 0. The SMILES string of the molecule is CC/C=C/C=C/C=C/C=C/CCCCCCCC(=O)O[C@H](COC(=O)CCCCC/C=C/C/C=C/C/C=C/C/C=C/C/C=C/CC)COP(=O)([O-])OCC[N+](C)(C)C. The fourth-order valence-electron chi connectivity index (χ4n) is 5.04. The van der Waals surface area contributed by atoms with Gasteiger partial charge >= 0.3 is 11.9 Å². The van der Waals surface area contributed by atoms with Crippen LogP contribution in [0, 0.1) is 0 Å². The van der Waals surface area contributed by atoms with Gasteiger partial charge in [-0.05, 0) is 77.0 Å². The van der Waals surface area contributed by atoms with Crippen molar-refractivity contribution in [3.05, 3.63) is 109 Å². The van der Waals surface area contributed by atoms with E-state index in [0.29, 0.717) is 23.9 Å². The molecule has 0 aromatic carbocycles. The average molecular weight is 828 g/mol. The fourth-order valence-corrected chi connectivity index (χ4v) is 5.77. The molecule has 9 nitrogen and oxygen atoms in total. The summed E-state index contributed by atoms with van der Waals surface area (Å²) in [5.41, 5.74) is 0. The van der Waals surface area contributed by atoms with Crippen molar-refractivity contribution in [1.82, 2.24) is 0 Å². The Kier molecular flexibility index (Phi) is 36.9. The summed E-state index contributed by atoms with van der Waals surface area (Å²) in [4.78, 5) is 37.5. The lowest BCUT2D eigenvalue weighted by molar-refractivity contribution is -0.870.